The molecule has 0 aromatic heterocycles. The molecule has 3 aromatic rings. The van der Waals surface area contributed by atoms with Crippen LogP contribution in [0.2, 0.25) is 0 Å². The number of nitrogens with zero attached hydrogens (tertiary/aromatic N) is 1. The molecule has 1 heterocycles. The smallest absolute Gasteiger partial charge is 0.416 e. The number of anilines is 2. The quantitative estimate of drug-likeness (QED) is 0.332. The molecule has 4 rings (SSSR count). The normalized spacial score (nSPS) is 14.3. The Kier molecular flexibility index (Phi) is 7.58. The van der Waals surface area contributed by atoms with Crippen LogP contribution in [0.4, 0.5) is 24.5 Å². The first-order chi connectivity index (χ1) is 17.9. The van der Waals surface area contributed by atoms with E-state index in [-0.39, 0.29) is 10.6 Å². The van der Waals surface area contributed by atoms with Gasteiger partial charge in [0.25, 0.3) is 15.9 Å². The van der Waals surface area contributed by atoms with Crippen LogP contribution < -0.4 is 9.62 Å². The van der Waals surface area contributed by atoms with Gasteiger partial charge in [0.2, 0.25) is 0 Å². The number of hydrogen-bond donors (Lipinski definition) is 1. The van der Waals surface area contributed by atoms with Crippen LogP contribution in [0.25, 0.3) is 6.08 Å². The first kappa shape index (κ1) is 26.9. The number of hydrogen-bond acceptors (Lipinski definition) is 5. The molecule has 1 atom stereocenters. The van der Waals surface area contributed by atoms with E-state index in [1.165, 1.54) is 29.4 Å². The standard InChI is InChI=1S/C27H23F3N2O5S/c1-18(26(34)31-22-11-9-21(10-12-22)27(28,29)30)37-25(33)15-8-19-6-13-23(14-7-19)38(35,36)32-17-16-20-4-2-3-5-24(20)32/h2-15,18H,16-17H2,1H3,(H,31,34)/b15-8+/t18-/m1/s1. The summed E-state index contributed by atoms with van der Waals surface area (Å²) in [5, 5.41) is 2.38. The Morgan fingerprint density at radius 2 is 1.66 bits per heavy atom. The van der Waals surface area contributed by atoms with Gasteiger partial charge in [-0.2, -0.15) is 13.2 Å². The van der Waals surface area contributed by atoms with Crippen molar-refractivity contribution in [1.82, 2.24) is 0 Å². The van der Waals surface area contributed by atoms with Crippen LogP contribution in [0, 0.1) is 0 Å². The number of ether oxygens (including phenoxy) is 1. The van der Waals surface area contributed by atoms with Crippen molar-refractivity contribution < 1.29 is 35.9 Å². The summed E-state index contributed by atoms with van der Waals surface area (Å²) >= 11 is 0. The average Bonchev–Trinajstić information content (AvgIpc) is 3.33. The van der Waals surface area contributed by atoms with Crippen molar-refractivity contribution in [2.24, 2.45) is 0 Å². The fraction of sp³-hybridized carbons (Fsp3) is 0.185. The topological polar surface area (TPSA) is 92.8 Å². The maximum absolute atomic E-state index is 13.1. The Bertz CT molecular complexity index is 1470. The van der Waals surface area contributed by atoms with Crippen molar-refractivity contribution in [1.29, 1.82) is 0 Å². The first-order valence-electron chi connectivity index (χ1n) is 11.5. The number of carbonyl (C=O) groups is 2. The number of sulfonamides is 1. The Morgan fingerprint density at radius 1 is 1.00 bits per heavy atom. The van der Waals surface area contributed by atoms with Gasteiger partial charge in [0.1, 0.15) is 0 Å². The number of benzene rings is 3. The van der Waals surface area contributed by atoms with E-state index < -0.39 is 39.7 Å². The minimum Gasteiger partial charge on any atom is -0.449 e. The van der Waals surface area contributed by atoms with Gasteiger partial charge >= 0.3 is 12.1 Å². The van der Waals surface area contributed by atoms with Gasteiger partial charge in [0, 0.05) is 18.3 Å². The van der Waals surface area contributed by atoms with Crippen molar-refractivity contribution >= 4 is 39.4 Å². The molecule has 0 saturated heterocycles. The highest BCUT2D eigenvalue weighted by molar-refractivity contribution is 7.92. The second-order valence-electron chi connectivity index (χ2n) is 8.50. The zero-order valence-electron chi connectivity index (χ0n) is 20.1. The van der Waals surface area contributed by atoms with Crippen LogP contribution in [0.15, 0.2) is 83.8 Å². The molecule has 1 N–H and O–H groups in total. The van der Waals surface area contributed by atoms with Crippen LogP contribution in [0.5, 0.6) is 0 Å². The van der Waals surface area contributed by atoms with E-state index in [0.29, 0.717) is 24.2 Å². The molecule has 1 aliphatic rings. The molecule has 0 radical (unpaired) electrons. The molecule has 1 aliphatic heterocycles. The molecule has 1 amide bonds. The Labute approximate surface area is 217 Å². The van der Waals surface area contributed by atoms with E-state index in [4.69, 9.17) is 4.74 Å². The van der Waals surface area contributed by atoms with E-state index in [1.807, 2.05) is 12.1 Å². The van der Waals surface area contributed by atoms with Gasteiger partial charge in [-0.15, -0.1) is 0 Å². The van der Waals surface area contributed by atoms with Crippen molar-refractivity contribution in [2.45, 2.75) is 30.5 Å². The van der Waals surface area contributed by atoms with Gasteiger partial charge in [0.15, 0.2) is 6.10 Å². The predicted molar refractivity (Wildman–Crippen MR) is 136 cm³/mol. The van der Waals surface area contributed by atoms with E-state index >= 15 is 0 Å². The number of halogens is 3. The van der Waals surface area contributed by atoms with Gasteiger partial charge < -0.3 is 10.1 Å². The number of fused-ring (bicyclic) bond motifs is 1. The number of rotatable bonds is 7. The van der Waals surface area contributed by atoms with E-state index in [2.05, 4.69) is 5.32 Å². The second kappa shape index (κ2) is 10.7. The summed E-state index contributed by atoms with van der Waals surface area (Å²) in [6, 6.07) is 17.2. The highest BCUT2D eigenvalue weighted by atomic mass is 32.2. The van der Waals surface area contributed by atoms with E-state index in [1.54, 1.807) is 24.3 Å². The van der Waals surface area contributed by atoms with Crippen molar-refractivity contribution in [3.63, 3.8) is 0 Å². The number of para-hydroxylation sites is 1. The highest BCUT2D eigenvalue weighted by Gasteiger charge is 2.31. The SMILES string of the molecule is C[C@@H](OC(=O)/C=C/c1ccc(S(=O)(=O)N2CCc3ccccc32)cc1)C(=O)Nc1ccc(C(F)(F)F)cc1. The Balaban J connectivity index is 1.33. The molecule has 11 heteroatoms. The third-order valence-corrected chi connectivity index (χ3v) is 7.69. The lowest BCUT2D eigenvalue weighted by Gasteiger charge is -2.19. The minimum absolute atomic E-state index is 0.113. The van der Waals surface area contributed by atoms with Gasteiger partial charge in [-0.25, -0.2) is 13.2 Å². The number of amides is 1. The van der Waals surface area contributed by atoms with Crippen molar-refractivity contribution in [3.8, 4) is 0 Å². The fourth-order valence-electron chi connectivity index (χ4n) is 3.85. The maximum atomic E-state index is 13.1. The highest BCUT2D eigenvalue weighted by Crippen LogP contribution is 2.33. The Hall–Kier alpha value is -4.12. The lowest BCUT2D eigenvalue weighted by atomic mass is 10.2. The summed E-state index contributed by atoms with van der Waals surface area (Å²) in [7, 11) is -3.74. The van der Waals surface area contributed by atoms with Crippen molar-refractivity contribution in [2.75, 3.05) is 16.2 Å². The average molecular weight is 545 g/mol. The first-order valence-corrected chi connectivity index (χ1v) is 13.0. The summed E-state index contributed by atoms with van der Waals surface area (Å²) in [5.41, 5.74) is 1.43. The number of alkyl halides is 3. The molecule has 198 valence electrons. The molecule has 38 heavy (non-hydrogen) atoms. The van der Waals surface area contributed by atoms with Crippen LogP contribution >= 0.6 is 0 Å². The molecule has 3 aromatic carbocycles. The molecule has 0 bridgehead atoms. The van der Waals surface area contributed by atoms with Gasteiger partial charge in [-0.3, -0.25) is 9.10 Å². The molecular formula is C27H23F3N2O5S. The van der Waals surface area contributed by atoms with Gasteiger partial charge in [0.05, 0.1) is 16.1 Å². The number of esters is 1. The number of carbonyl (C=O) groups excluding carboxylic acids is 2. The summed E-state index contributed by atoms with van der Waals surface area (Å²) in [6.45, 7) is 1.68. The third kappa shape index (κ3) is 6.05. The van der Waals surface area contributed by atoms with Crippen LogP contribution in [0.1, 0.15) is 23.6 Å². The monoisotopic (exact) mass is 544 g/mol. The lowest BCUT2D eigenvalue weighted by molar-refractivity contribution is -0.148. The van der Waals surface area contributed by atoms with E-state index in [9.17, 15) is 31.2 Å². The van der Waals surface area contributed by atoms with Gasteiger partial charge in [-0.05, 0) is 73.0 Å². The molecule has 7 nitrogen and oxygen atoms in total. The summed E-state index contributed by atoms with van der Waals surface area (Å²) in [5.74, 6) is -1.55. The lowest BCUT2D eigenvalue weighted by Crippen LogP contribution is -2.29. The summed E-state index contributed by atoms with van der Waals surface area (Å²) in [6.07, 6.45) is -2.58. The molecule has 0 saturated carbocycles. The minimum atomic E-state index is -4.49. The summed E-state index contributed by atoms with van der Waals surface area (Å²) in [4.78, 5) is 24.5. The second-order valence-corrected chi connectivity index (χ2v) is 10.4. The molecule has 0 unspecified atom stereocenters. The van der Waals surface area contributed by atoms with Crippen LogP contribution in [0.3, 0.4) is 0 Å². The van der Waals surface area contributed by atoms with Crippen LogP contribution in [-0.2, 0) is 36.9 Å². The predicted octanol–water partition coefficient (Wildman–Crippen LogP) is 5.04. The van der Waals surface area contributed by atoms with E-state index in [0.717, 1.165) is 35.9 Å². The zero-order chi connectivity index (χ0) is 27.5. The van der Waals surface area contributed by atoms with Crippen molar-refractivity contribution in [3.05, 3.63) is 95.6 Å². The Morgan fingerprint density at radius 3 is 2.32 bits per heavy atom. The third-order valence-electron chi connectivity index (χ3n) is 5.87. The zero-order valence-corrected chi connectivity index (χ0v) is 20.9. The molecule has 0 aliphatic carbocycles. The largest absolute Gasteiger partial charge is 0.449 e. The molecule has 0 fully saturated rings. The van der Waals surface area contributed by atoms with Gasteiger partial charge in [-0.1, -0.05) is 30.3 Å². The fourth-order valence-corrected chi connectivity index (χ4v) is 5.36. The molecule has 0 spiro atoms. The molecular weight excluding hydrogens is 521 g/mol. The number of nitrogens with one attached hydrogen (secondary N) is 1. The maximum Gasteiger partial charge on any atom is 0.416 e. The van der Waals surface area contributed by atoms with Crippen LogP contribution in [-0.4, -0.2) is 32.9 Å². The summed E-state index contributed by atoms with van der Waals surface area (Å²) < 4.78 is 70.6.